The maximum Gasteiger partial charge on any atom is 0.417 e. The molecule has 0 saturated carbocycles. The van der Waals surface area contributed by atoms with Gasteiger partial charge in [0.15, 0.2) is 5.60 Å². The fourth-order valence-electron chi connectivity index (χ4n) is 2.87. The van der Waals surface area contributed by atoms with Crippen LogP contribution < -0.4 is 0 Å². The second-order valence-corrected chi connectivity index (χ2v) is 6.21. The van der Waals surface area contributed by atoms with Gasteiger partial charge in [0.05, 0.1) is 0 Å². The number of benzene rings is 2. The molecule has 0 fully saturated rings. The van der Waals surface area contributed by atoms with Crippen LogP contribution in [0, 0.1) is 0 Å². The van der Waals surface area contributed by atoms with Gasteiger partial charge in [-0.3, -0.25) is 0 Å². The predicted octanol–water partition coefficient (Wildman–Crippen LogP) is 5.33. The largest absolute Gasteiger partial charge is 0.417 e. The molecule has 4 heteroatoms. The van der Waals surface area contributed by atoms with Crippen LogP contribution in [0.4, 0.5) is 13.2 Å². The van der Waals surface area contributed by atoms with Crippen LogP contribution in [0.2, 0.25) is 0 Å². The summed E-state index contributed by atoms with van der Waals surface area (Å²) >= 11 is 0. The minimum atomic E-state index is -4.60. The van der Waals surface area contributed by atoms with Crippen molar-refractivity contribution in [3.8, 4) is 0 Å². The molecule has 0 aliphatic heterocycles. The first kappa shape index (κ1) is 18.5. The van der Waals surface area contributed by atoms with E-state index >= 15 is 0 Å². The molecule has 0 saturated heterocycles. The Kier molecular flexibility index (Phi) is 6.44. The summed E-state index contributed by atoms with van der Waals surface area (Å²) in [5.41, 5.74) is -0.617. The highest BCUT2D eigenvalue weighted by atomic mass is 19.4. The van der Waals surface area contributed by atoms with Crippen molar-refractivity contribution >= 4 is 0 Å². The van der Waals surface area contributed by atoms with Gasteiger partial charge in [0.2, 0.25) is 0 Å². The van der Waals surface area contributed by atoms with Gasteiger partial charge in [0, 0.05) is 0 Å². The van der Waals surface area contributed by atoms with E-state index in [-0.39, 0.29) is 12.8 Å². The molecular weight excluding hydrogens is 313 g/mol. The van der Waals surface area contributed by atoms with Crippen molar-refractivity contribution in [1.29, 1.82) is 0 Å². The van der Waals surface area contributed by atoms with Gasteiger partial charge in [-0.2, -0.15) is 13.2 Å². The lowest BCUT2D eigenvalue weighted by atomic mass is 9.88. The summed E-state index contributed by atoms with van der Waals surface area (Å²) in [6, 6.07) is 18.8. The lowest BCUT2D eigenvalue weighted by molar-refractivity contribution is -0.265. The summed E-state index contributed by atoms with van der Waals surface area (Å²) in [7, 11) is 0. The second kappa shape index (κ2) is 8.34. The maximum atomic E-state index is 13.3. The zero-order chi connectivity index (χ0) is 17.5. The molecule has 2 aromatic carbocycles. The van der Waals surface area contributed by atoms with Crippen LogP contribution in [-0.4, -0.2) is 16.9 Å². The first-order valence-corrected chi connectivity index (χ1v) is 8.28. The summed E-state index contributed by atoms with van der Waals surface area (Å²) < 4.78 is 39.9. The molecule has 24 heavy (non-hydrogen) atoms. The third-order valence-electron chi connectivity index (χ3n) is 4.32. The van der Waals surface area contributed by atoms with Crippen LogP contribution in [0.1, 0.15) is 36.8 Å². The van der Waals surface area contributed by atoms with Gasteiger partial charge < -0.3 is 5.11 Å². The highest BCUT2D eigenvalue weighted by molar-refractivity contribution is 5.15. The molecule has 2 aromatic rings. The van der Waals surface area contributed by atoms with Crippen LogP contribution in [0.15, 0.2) is 60.7 Å². The van der Waals surface area contributed by atoms with Gasteiger partial charge in [-0.1, -0.05) is 60.7 Å². The highest BCUT2D eigenvalue weighted by Gasteiger charge is 2.52. The van der Waals surface area contributed by atoms with E-state index in [2.05, 4.69) is 0 Å². The molecule has 0 amide bonds. The number of halogens is 3. The third-order valence-corrected chi connectivity index (χ3v) is 4.32. The smallest absolute Gasteiger partial charge is 0.380 e. The van der Waals surface area contributed by atoms with Gasteiger partial charge in [-0.25, -0.2) is 0 Å². The molecule has 0 spiro atoms. The maximum absolute atomic E-state index is 13.3. The molecule has 1 nitrogen and oxygen atoms in total. The average molecular weight is 336 g/mol. The van der Waals surface area contributed by atoms with E-state index in [1.807, 2.05) is 60.7 Å². The zero-order valence-corrected chi connectivity index (χ0v) is 13.6. The van der Waals surface area contributed by atoms with E-state index in [1.54, 1.807) is 0 Å². The van der Waals surface area contributed by atoms with Crippen molar-refractivity contribution in [2.45, 2.75) is 50.3 Å². The predicted molar refractivity (Wildman–Crippen MR) is 89.8 cm³/mol. The van der Waals surface area contributed by atoms with Crippen molar-refractivity contribution in [1.82, 2.24) is 0 Å². The van der Waals surface area contributed by atoms with Crippen LogP contribution in [-0.2, 0) is 12.8 Å². The number of aliphatic hydroxyl groups is 1. The molecule has 0 atom stereocenters. The fraction of sp³-hybridized carbons (Fsp3) is 0.400. The Morgan fingerprint density at radius 3 is 1.38 bits per heavy atom. The molecule has 2 rings (SSSR count). The van der Waals surface area contributed by atoms with E-state index in [1.165, 1.54) is 0 Å². The monoisotopic (exact) mass is 336 g/mol. The molecule has 0 unspecified atom stereocenters. The van der Waals surface area contributed by atoms with Gasteiger partial charge in [0.25, 0.3) is 0 Å². The van der Waals surface area contributed by atoms with Crippen molar-refractivity contribution in [3.63, 3.8) is 0 Å². The standard InChI is InChI=1S/C20H23F3O/c21-20(22,23)19(24,15-7-13-17-9-3-1-4-10-17)16-8-14-18-11-5-2-6-12-18/h1-6,9-12,24H,7-8,13-16H2. The summed E-state index contributed by atoms with van der Waals surface area (Å²) in [4.78, 5) is 0. The number of rotatable bonds is 8. The van der Waals surface area contributed by atoms with Gasteiger partial charge in [0.1, 0.15) is 0 Å². The number of hydrogen-bond donors (Lipinski definition) is 1. The first-order chi connectivity index (χ1) is 11.4. The highest BCUT2D eigenvalue weighted by Crippen LogP contribution is 2.38. The van der Waals surface area contributed by atoms with E-state index in [0.29, 0.717) is 25.7 Å². The summed E-state index contributed by atoms with van der Waals surface area (Å²) in [6.45, 7) is 0. The molecule has 0 bridgehead atoms. The minimum Gasteiger partial charge on any atom is -0.380 e. The molecule has 130 valence electrons. The SMILES string of the molecule is OC(CCCc1ccccc1)(CCCc1ccccc1)C(F)(F)F. The minimum absolute atomic E-state index is 0.264. The molecule has 0 aromatic heterocycles. The van der Waals surface area contributed by atoms with E-state index in [4.69, 9.17) is 0 Å². The lowest BCUT2D eigenvalue weighted by Crippen LogP contribution is -2.45. The topological polar surface area (TPSA) is 20.2 Å². The van der Waals surface area contributed by atoms with E-state index < -0.39 is 11.8 Å². The van der Waals surface area contributed by atoms with Crippen molar-refractivity contribution in [2.75, 3.05) is 0 Å². The third kappa shape index (κ3) is 5.38. The number of aryl methyl sites for hydroxylation is 2. The second-order valence-electron chi connectivity index (χ2n) is 6.21. The van der Waals surface area contributed by atoms with Crippen molar-refractivity contribution < 1.29 is 18.3 Å². The van der Waals surface area contributed by atoms with E-state index in [9.17, 15) is 18.3 Å². The molecule has 0 radical (unpaired) electrons. The molecule has 1 N–H and O–H groups in total. The Morgan fingerprint density at radius 1 is 0.667 bits per heavy atom. The normalized spacial score (nSPS) is 12.3. The average Bonchev–Trinajstić information content (AvgIpc) is 2.56. The molecule has 0 aliphatic carbocycles. The Morgan fingerprint density at radius 2 is 1.04 bits per heavy atom. The summed E-state index contributed by atoms with van der Waals surface area (Å²) in [6.07, 6.45) is -3.42. The number of hydrogen-bond acceptors (Lipinski definition) is 1. The molecule has 0 aliphatic rings. The van der Waals surface area contributed by atoms with Gasteiger partial charge in [-0.05, 0) is 49.7 Å². The Labute approximate surface area is 141 Å². The Balaban J connectivity index is 1.88. The Bertz CT molecular complexity index is 548. The van der Waals surface area contributed by atoms with Crippen LogP contribution in [0.3, 0.4) is 0 Å². The molecular formula is C20H23F3O. The summed E-state index contributed by atoms with van der Waals surface area (Å²) in [5.74, 6) is 0. The zero-order valence-electron chi connectivity index (χ0n) is 13.6. The number of alkyl halides is 3. The van der Waals surface area contributed by atoms with E-state index in [0.717, 1.165) is 11.1 Å². The van der Waals surface area contributed by atoms with Gasteiger partial charge >= 0.3 is 6.18 Å². The van der Waals surface area contributed by atoms with Crippen LogP contribution in [0.25, 0.3) is 0 Å². The quantitative estimate of drug-likeness (QED) is 0.691. The van der Waals surface area contributed by atoms with Crippen molar-refractivity contribution in [3.05, 3.63) is 71.8 Å². The van der Waals surface area contributed by atoms with Crippen LogP contribution in [0.5, 0.6) is 0 Å². The fourth-order valence-corrected chi connectivity index (χ4v) is 2.87. The molecule has 0 heterocycles. The Hall–Kier alpha value is -1.81. The van der Waals surface area contributed by atoms with Gasteiger partial charge in [-0.15, -0.1) is 0 Å². The lowest BCUT2D eigenvalue weighted by Gasteiger charge is -2.30. The van der Waals surface area contributed by atoms with Crippen molar-refractivity contribution in [2.24, 2.45) is 0 Å². The summed E-state index contributed by atoms with van der Waals surface area (Å²) in [5, 5.41) is 10.2. The van der Waals surface area contributed by atoms with Crippen LogP contribution >= 0.6 is 0 Å². The first-order valence-electron chi connectivity index (χ1n) is 8.28.